The van der Waals surface area contributed by atoms with Crippen LogP contribution < -0.4 is 14.2 Å². The highest BCUT2D eigenvalue weighted by Crippen LogP contribution is 2.48. The fourth-order valence-corrected chi connectivity index (χ4v) is 3.91. The lowest BCUT2D eigenvalue weighted by Crippen LogP contribution is -2.15. The maximum atomic E-state index is 13.6. The summed E-state index contributed by atoms with van der Waals surface area (Å²) in [6.07, 6.45) is -14.6. The summed E-state index contributed by atoms with van der Waals surface area (Å²) < 4.78 is 138. The Morgan fingerprint density at radius 1 is 0.459 bits per heavy atom. The minimum absolute atomic E-state index is 0.211. The third-order valence-electron chi connectivity index (χ3n) is 5.60. The lowest BCUT2D eigenvalue weighted by atomic mass is 9.81. The van der Waals surface area contributed by atoms with Crippen LogP contribution in [0.2, 0.25) is 0 Å². The molecule has 0 bridgehead atoms. The second kappa shape index (κ2) is 10.1. The molecule has 3 aromatic carbocycles. The van der Waals surface area contributed by atoms with E-state index >= 15 is 0 Å². The van der Waals surface area contributed by atoms with Crippen LogP contribution in [0.25, 0.3) is 0 Å². The van der Waals surface area contributed by atoms with Crippen molar-refractivity contribution in [2.45, 2.75) is 24.4 Å². The van der Waals surface area contributed by atoms with Gasteiger partial charge in [0.15, 0.2) is 0 Å². The van der Waals surface area contributed by atoms with Gasteiger partial charge >= 0.3 is 18.5 Å². The molecule has 0 unspecified atom stereocenters. The molecular weight excluding hydrogens is 519 g/mol. The van der Waals surface area contributed by atoms with Crippen molar-refractivity contribution in [3.05, 3.63) is 88.0 Å². The average molecular weight is 538 g/mol. The molecule has 0 amide bonds. The Balaban J connectivity index is 2.51. The first kappa shape index (κ1) is 28.0. The summed E-state index contributed by atoms with van der Waals surface area (Å²) in [6.45, 7) is 0. The quantitative estimate of drug-likeness (QED) is 0.236. The van der Waals surface area contributed by atoms with Gasteiger partial charge in [0.1, 0.15) is 17.2 Å². The first-order valence-corrected chi connectivity index (χ1v) is 10.4. The second-order valence-corrected chi connectivity index (χ2v) is 7.80. The Hall–Kier alpha value is -3.57. The van der Waals surface area contributed by atoms with Gasteiger partial charge in [-0.15, -0.1) is 0 Å². The predicted octanol–water partition coefficient (Wildman–Crippen LogP) is 7.95. The largest absolute Gasteiger partial charge is 0.496 e. The molecule has 0 radical (unpaired) electrons. The van der Waals surface area contributed by atoms with Gasteiger partial charge in [-0.2, -0.15) is 39.5 Å². The number of benzene rings is 3. The van der Waals surface area contributed by atoms with Crippen molar-refractivity contribution in [3.63, 3.8) is 0 Å². The van der Waals surface area contributed by atoms with Gasteiger partial charge in [0.25, 0.3) is 0 Å². The minimum Gasteiger partial charge on any atom is -0.496 e. The number of hydrogen-bond acceptors (Lipinski definition) is 3. The topological polar surface area (TPSA) is 27.7 Å². The average Bonchev–Trinajstić information content (AvgIpc) is 2.82. The molecule has 0 fully saturated rings. The van der Waals surface area contributed by atoms with Gasteiger partial charge in [0.2, 0.25) is 0 Å². The van der Waals surface area contributed by atoms with E-state index in [2.05, 4.69) is 0 Å². The fraction of sp³-hybridized carbons (Fsp3) is 0.280. The molecule has 3 rings (SSSR count). The van der Waals surface area contributed by atoms with E-state index in [4.69, 9.17) is 14.2 Å². The molecule has 0 N–H and O–H groups in total. The van der Waals surface area contributed by atoms with E-state index in [0.29, 0.717) is 36.4 Å². The Kier molecular flexibility index (Phi) is 7.62. The molecule has 3 nitrogen and oxygen atoms in total. The highest BCUT2D eigenvalue weighted by atomic mass is 19.4. The van der Waals surface area contributed by atoms with Crippen molar-refractivity contribution in [2.75, 3.05) is 21.3 Å². The van der Waals surface area contributed by atoms with E-state index in [1.807, 2.05) is 0 Å². The summed E-state index contributed by atoms with van der Waals surface area (Å²) in [7, 11) is 3.32. The Morgan fingerprint density at radius 3 is 0.892 bits per heavy atom. The van der Waals surface area contributed by atoms with Gasteiger partial charge in [-0.05, 0) is 54.6 Å². The summed E-state index contributed by atoms with van der Waals surface area (Å²) in [4.78, 5) is 0. The summed E-state index contributed by atoms with van der Waals surface area (Å²) in [5, 5.41) is 0. The van der Waals surface area contributed by atoms with Gasteiger partial charge in [-0.25, -0.2) is 0 Å². The van der Waals surface area contributed by atoms with Crippen LogP contribution in [0.1, 0.15) is 39.3 Å². The standard InChI is InChI=1S/C25H19F9O3/c1-35-19-7-4-13(23(26,27)28)10-16(19)22(17-11-14(24(29,30)31)5-8-20(17)36-2)18-12-15(25(32,33)34)6-9-21(18)37-3/h4-12,22H,1-3H3. The normalized spacial score (nSPS) is 12.6. The molecule has 0 atom stereocenters. The zero-order valence-electron chi connectivity index (χ0n) is 19.4. The molecule has 0 aliphatic carbocycles. The van der Waals surface area contributed by atoms with Crippen molar-refractivity contribution < 1.29 is 53.7 Å². The smallest absolute Gasteiger partial charge is 0.416 e. The maximum absolute atomic E-state index is 13.6. The van der Waals surface area contributed by atoms with E-state index in [9.17, 15) is 39.5 Å². The van der Waals surface area contributed by atoms with Crippen LogP contribution >= 0.6 is 0 Å². The predicted molar refractivity (Wildman–Crippen MR) is 115 cm³/mol. The molecule has 0 saturated heterocycles. The molecule has 0 saturated carbocycles. The van der Waals surface area contributed by atoms with E-state index in [1.165, 1.54) is 0 Å². The van der Waals surface area contributed by atoms with Crippen LogP contribution in [-0.2, 0) is 18.5 Å². The number of methoxy groups -OCH3 is 3. The summed E-state index contributed by atoms with van der Waals surface area (Å²) >= 11 is 0. The third kappa shape index (κ3) is 5.89. The summed E-state index contributed by atoms with van der Waals surface area (Å²) in [5.41, 5.74) is -4.63. The first-order chi connectivity index (χ1) is 17.1. The van der Waals surface area contributed by atoms with Crippen molar-refractivity contribution in [3.8, 4) is 17.2 Å². The van der Waals surface area contributed by atoms with E-state index < -0.39 is 41.1 Å². The van der Waals surface area contributed by atoms with Crippen molar-refractivity contribution in [2.24, 2.45) is 0 Å². The van der Waals surface area contributed by atoms with Crippen LogP contribution in [-0.4, -0.2) is 21.3 Å². The molecule has 0 aromatic heterocycles. The summed E-state index contributed by atoms with van der Waals surface area (Å²) in [6, 6.07) is 6.71. The Labute approximate surface area is 205 Å². The first-order valence-electron chi connectivity index (χ1n) is 10.4. The molecule has 37 heavy (non-hydrogen) atoms. The lowest BCUT2D eigenvalue weighted by Gasteiger charge is -2.27. The van der Waals surface area contributed by atoms with Crippen LogP contribution in [0.3, 0.4) is 0 Å². The number of halogens is 9. The zero-order chi connectivity index (χ0) is 27.8. The Morgan fingerprint density at radius 2 is 0.703 bits per heavy atom. The SMILES string of the molecule is COc1ccc(C(F)(F)F)cc1C(c1cc(C(F)(F)F)ccc1OC)c1cc(C(F)(F)F)ccc1OC. The molecule has 200 valence electrons. The van der Waals surface area contributed by atoms with Gasteiger partial charge in [0.05, 0.1) is 38.0 Å². The second-order valence-electron chi connectivity index (χ2n) is 7.80. The molecular formula is C25H19F9O3. The van der Waals surface area contributed by atoms with Crippen molar-refractivity contribution >= 4 is 0 Å². The highest BCUT2D eigenvalue weighted by molar-refractivity contribution is 5.59. The monoisotopic (exact) mass is 538 g/mol. The fourth-order valence-electron chi connectivity index (χ4n) is 3.91. The molecule has 0 spiro atoms. The number of alkyl halides is 9. The van der Waals surface area contributed by atoms with E-state index in [-0.39, 0.29) is 33.9 Å². The van der Waals surface area contributed by atoms with Crippen molar-refractivity contribution in [1.82, 2.24) is 0 Å². The van der Waals surface area contributed by atoms with Gasteiger partial charge in [-0.1, -0.05) is 0 Å². The van der Waals surface area contributed by atoms with Crippen LogP contribution in [0.4, 0.5) is 39.5 Å². The highest BCUT2D eigenvalue weighted by Gasteiger charge is 2.38. The van der Waals surface area contributed by atoms with E-state index in [1.54, 1.807) is 0 Å². The van der Waals surface area contributed by atoms with Crippen LogP contribution in [0.5, 0.6) is 17.2 Å². The number of hydrogen-bond donors (Lipinski definition) is 0. The van der Waals surface area contributed by atoms with E-state index in [0.717, 1.165) is 39.5 Å². The number of ether oxygens (including phenoxy) is 3. The van der Waals surface area contributed by atoms with Gasteiger partial charge in [0, 0.05) is 22.6 Å². The zero-order valence-corrected chi connectivity index (χ0v) is 19.4. The molecule has 0 aliphatic rings. The van der Waals surface area contributed by atoms with Crippen LogP contribution in [0.15, 0.2) is 54.6 Å². The molecule has 0 aliphatic heterocycles. The third-order valence-corrected chi connectivity index (χ3v) is 5.60. The van der Waals surface area contributed by atoms with Gasteiger partial charge in [-0.3, -0.25) is 0 Å². The van der Waals surface area contributed by atoms with Gasteiger partial charge < -0.3 is 14.2 Å². The molecule has 3 aromatic rings. The van der Waals surface area contributed by atoms with Crippen molar-refractivity contribution in [1.29, 1.82) is 0 Å². The maximum Gasteiger partial charge on any atom is 0.416 e. The minimum atomic E-state index is -4.87. The Bertz CT molecular complexity index is 1110. The molecule has 0 heterocycles. The lowest BCUT2D eigenvalue weighted by molar-refractivity contribution is -0.138. The summed E-state index contributed by atoms with van der Waals surface area (Å²) in [5.74, 6) is -2.29. The number of rotatable bonds is 6. The van der Waals surface area contributed by atoms with Crippen LogP contribution in [0, 0.1) is 0 Å². The molecule has 12 heteroatoms.